The van der Waals surface area contributed by atoms with Crippen molar-refractivity contribution in [2.75, 3.05) is 12.4 Å². The van der Waals surface area contributed by atoms with Crippen LogP contribution in [0.1, 0.15) is 31.2 Å². The Morgan fingerprint density at radius 1 is 0.946 bits per heavy atom. The molecule has 186 valence electrons. The highest BCUT2D eigenvalue weighted by Crippen LogP contribution is 2.31. The second-order valence-electron chi connectivity index (χ2n) is 9.79. The van der Waals surface area contributed by atoms with E-state index in [2.05, 4.69) is 76.4 Å². The van der Waals surface area contributed by atoms with Gasteiger partial charge in [0.1, 0.15) is 0 Å². The number of fused-ring (bicyclic) bond motifs is 2. The molecule has 3 aliphatic rings. The lowest BCUT2D eigenvalue weighted by Gasteiger charge is -2.25. The molecular weight excluding hydrogens is 458 g/mol. The molecule has 6 nitrogen and oxygen atoms in total. The van der Waals surface area contributed by atoms with Crippen LogP contribution in [0.2, 0.25) is 0 Å². The minimum atomic E-state index is 0.263. The van der Waals surface area contributed by atoms with Crippen molar-refractivity contribution in [3.63, 3.8) is 0 Å². The summed E-state index contributed by atoms with van der Waals surface area (Å²) in [6.45, 7) is 2.11. The monoisotopic (exact) mass is 489 g/mol. The maximum Gasteiger partial charge on any atom is 0.0900 e. The topological polar surface area (TPSA) is 64.3 Å². The quantitative estimate of drug-likeness (QED) is 0.289. The second-order valence-corrected chi connectivity index (χ2v) is 9.79. The van der Waals surface area contributed by atoms with Crippen molar-refractivity contribution in [2.45, 2.75) is 44.8 Å². The van der Waals surface area contributed by atoms with Gasteiger partial charge in [0.25, 0.3) is 0 Å². The van der Waals surface area contributed by atoms with Crippen LogP contribution in [-0.2, 0) is 4.74 Å². The average Bonchev–Trinajstić information content (AvgIpc) is 2.94. The number of para-hydroxylation sites is 2. The van der Waals surface area contributed by atoms with Crippen LogP contribution in [-0.4, -0.2) is 33.8 Å². The van der Waals surface area contributed by atoms with Crippen LogP contribution in [0.3, 0.4) is 0 Å². The predicted octanol–water partition coefficient (Wildman–Crippen LogP) is 6.44. The number of hydrogen-bond donors (Lipinski definition) is 1. The zero-order valence-electron chi connectivity index (χ0n) is 21.3. The lowest BCUT2D eigenvalue weighted by atomic mass is 9.93. The highest BCUT2D eigenvalue weighted by atomic mass is 16.5. The lowest BCUT2D eigenvalue weighted by Crippen LogP contribution is -2.25. The van der Waals surface area contributed by atoms with E-state index in [1.54, 1.807) is 6.20 Å². The fraction of sp³-hybridized carbons (Fsp3) is 0.258. The lowest BCUT2D eigenvalue weighted by molar-refractivity contribution is 0.0663. The van der Waals surface area contributed by atoms with Gasteiger partial charge >= 0.3 is 0 Å². The standard InChI is InChI=1S/C31H31N5O/c1-21-9-13-24(14-10-21)36-30-8-4-3-7-26(30)35-29-18-27(34-23-6-5-17-32-20-23)28(19-31(29)36)33-22-11-15-25(37-2)16-12-22/h3-10,13-14,17-20,22,25,34H,11-12,15-16H2,1-2H3. The molecule has 3 aromatic rings. The third-order valence-corrected chi connectivity index (χ3v) is 7.23. The van der Waals surface area contributed by atoms with Gasteiger partial charge in [0.05, 0.1) is 57.5 Å². The van der Waals surface area contributed by atoms with Gasteiger partial charge < -0.3 is 14.6 Å². The largest absolute Gasteiger partial charge is 0.381 e. The molecule has 0 saturated heterocycles. The summed E-state index contributed by atoms with van der Waals surface area (Å²) in [7, 11) is 1.81. The van der Waals surface area contributed by atoms with Crippen LogP contribution in [0.15, 0.2) is 90.2 Å². The van der Waals surface area contributed by atoms with Gasteiger partial charge in [-0.2, -0.15) is 0 Å². The normalized spacial score (nSPS) is 18.4. The Hall–Kier alpha value is -4.03. The molecule has 2 aromatic carbocycles. The van der Waals surface area contributed by atoms with Gasteiger partial charge in [-0.05, 0) is 81.1 Å². The average molecular weight is 490 g/mol. The number of aromatic nitrogens is 3. The Balaban J connectivity index is 1.57. The van der Waals surface area contributed by atoms with Crippen LogP contribution < -0.4 is 10.7 Å². The number of rotatable bonds is 5. The maximum atomic E-state index is 5.59. The zero-order chi connectivity index (χ0) is 25.2. The molecule has 0 atom stereocenters. The SMILES string of the molecule is COC1CCC(N=c2cc3n(-c4ccc(C)cc4)c4ccccc4nc-3cc2Nc2cccnc2)CC1. The molecule has 1 saturated carbocycles. The summed E-state index contributed by atoms with van der Waals surface area (Å²) in [5.74, 6) is 0. The Labute approximate surface area is 217 Å². The van der Waals surface area contributed by atoms with Gasteiger partial charge in [0, 0.05) is 19.0 Å². The first-order valence-electron chi connectivity index (χ1n) is 12.9. The smallest absolute Gasteiger partial charge is 0.0900 e. The van der Waals surface area contributed by atoms with Crippen molar-refractivity contribution in [3.05, 3.63) is 96.1 Å². The Bertz CT molecular complexity index is 1550. The molecule has 6 heteroatoms. The number of pyridine rings is 1. The molecule has 2 heterocycles. The summed E-state index contributed by atoms with van der Waals surface area (Å²) in [5, 5.41) is 4.50. The summed E-state index contributed by atoms with van der Waals surface area (Å²) in [5.41, 5.74) is 8.16. The molecule has 2 aliphatic carbocycles. The molecule has 37 heavy (non-hydrogen) atoms. The first-order valence-corrected chi connectivity index (χ1v) is 12.9. The van der Waals surface area contributed by atoms with Crippen molar-refractivity contribution in [2.24, 2.45) is 4.99 Å². The summed E-state index contributed by atoms with van der Waals surface area (Å²) in [4.78, 5) is 14.6. The minimum Gasteiger partial charge on any atom is -0.381 e. The first kappa shape index (κ1) is 23.4. The van der Waals surface area contributed by atoms with Crippen LogP contribution in [0, 0.1) is 6.92 Å². The van der Waals surface area contributed by atoms with Gasteiger partial charge in [-0.1, -0.05) is 29.8 Å². The highest BCUT2D eigenvalue weighted by Gasteiger charge is 2.21. The van der Waals surface area contributed by atoms with E-state index in [1.807, 2.05) is 31.5 Å². The molecule has 1 fully saturated rings. The molecule has 0 radical (unpaired) electrons. The summed E-state index contributed by atoms with van der Waals surface area (Å²) in [6.07, 6.45) is 8.09. The van der Waals surface area contributed by atoms with Crippen molar-refractivity contribution < 1.29 is 4.74 Å². The molecule has 0 bridgehead atoms. The number of nitrogens with one attached hydrogen (secondary N) is 1. The maximum absolute atomic E-state index is 5.59. The Morgan fingerprint density at radius 2 is 1.76 bits per heavy atom. The minimum absolute atomic E-state index is 0.263. The number of nitrogens with zero attached hydrogens (tertiary/aromatic N) is 4. The molecule has 0 spiro atoms. The van der Waals surface area contributed by atoms with Crippen LogP contribution in [0.5, 0.6) is 0 Å². The van der Waals surface area contributed by atoms with Crippen molar-refractivity contribution in [3.8, 4) is 17.1 Å². The van der Waals surface area contributed by atoms with Crippen molar-refractivity contribution >= 4 is 22.4 Å². The van der Waals surface area contributed by atoms with Gasteiger partial charge in [0.2, 0.25) is 0 Å². The number of anilines is 2. The van der Waals surface area contributed by atoms with Gasteiger partial charge in [-0.25, -0.2) is 4.98 Å². The Kier molecular flexibility index (Phi) is 6.41. The number of ether oxygens (including phenoxy) is 1. The number of hydrogen-bond acceptors (Lipinski definition) is 5. The molecule has 6 rings (SSSR count). The molecule has 1 N–H and O–H groups in total. The number of methoxy groups -OCH3 is 1. The van der Waals surface area contributed by atoms with Gasteiger partial charge in [-0.15, -0.1) is 0 Å². The molecule has 0 unspecified atom stereocenters. The van der Waals surface area contributed by atoms with E-state index in [0.29, 0.717) is 6.10 Å². The molecule has 1 aromatic heterocycles. The number of benzene rings is 3. The van der Waals surface area contributed by atoms with E-state index < -0.39 is 0 Å². The van der Waals surface area contributed by atoms with E-state index in [9.17, 15) is 0 Å². The van der Waals surface area contributed by atoms with Crippen molar-refractivity contribution in [1.82, 2.24) is 14.5 Å². The third-order valence-electron chi connectivity index (χ3n) is 7.23. The fourth-order valence-corrected chi connectivity index (χ4v) is 5.22. The van der Waals surface area contributed by atoms with Crippen LogP contribution >= 0.6 is 0 Å². The van der Waals surface area contributed by atoms with E-state index in [1.165, 1.54) is 5.56 Å². The van der Waals surface area contributed by atoms with Crippen molar-refractivity contribution in [1.29, 1.82) is 0 Å². The van der Waals surface area contributed by atoms with E-state index >= 15 is 0 Å². The number of aryl methyl sites for hydroxylation is 1. The van der Waals surface area contributed by atoms with Crippen LogP contribution in [0.25, 0.3) is 28.1 Å². The second kappa shape index (κ2) is 10.1. The predicted molar refractivity (Wildman–Crippen MR) is 149 cm³/mol. The molecule has 0 amide bonds. The van der Waals surface area contributed by atoms with Crippen LogP contribution in [0.4, 0.5) is 11.4 Å². The van der Waals surface area contributed by atoms with E-state index in [0.717, 1.165) is 70.5 Å². The summed E-state index contributed by atoms with van der Waals surface area (Å²) in [6, 6.07) is 25.5. The third kappa shape index (κ3) is 4.85. The zero-order valence-corrected chi connectivity index (χ0v) is 21.3. The molecule has 1 aliphatic heterocycles. The van der Waals surface area contributed by atoms with Gasteiger partial charge in [-0.3, -0.25) is 9.98 Å². The first-order chi connectivity index (χ1) is 18.2. The summed E-state index contributed by atoms with van der Waals surface area (Å²) < 4.78 is 7.89. The molecular formula is C31H31N5O. The van der Waals surface area contributed by atoms with E-state index in [-0.39, 0.29) is 6.04 Å². The highest BCUT2D eigenvalue weighted by molar-refractivity contribution is 5.84. The fourth-order valence-electron chi connectivity index (χ4n) is 5.22. The Morgan fingerprint density at radius 3 is 2.51 bits per heavy atom. The summed E-state index contributed by atoms with van der Waals surface area (Å²) >= 11 is 0. The van der Waals surface area contributed by atoms with E-state index in [4.69, 9.17) is 14.7 Å². The van der Waals surface area contributed by atoms with Gasteiger partial charge in [0.15, 0.2) is 0 Å².